The second-order valence-electron chi connectivity index (χ2n) is 7.35. The number of carbonyl (C=O) groups is 3. The molecule has 1 unspecified atom stereocenters. The zero-order valence-corrected chi connectivity index (χ0v) is 16.9. The molecular formula is C24H27N3O3. The molecule has 0 aliphatic carbocycles. The molecule has 0 saturated carbocycles. The number of hydrogen-bond acceptors (Lipinski definition) is 3. The van der Waals surface area contributed by atoms with Crippen molar-refractivity contribution >= 4 is 17.7 Å². The van der Waals surface area contributed by atoms with Gasteiger partial charge in [0.15, 0.2) is 0 Å². The Hall–Kier alpha value is -3.41. The number of likely N-dealkylation sites (tertiary alicyclic amines) is 1. The number of carbonyl (C=O) groups excluding carboxylic acids is 3. The maximum absolute atomic E-state index is 12.8. The number of piperidine rings is 1. The Morgan fingerprint density at radius 1 is 0.967 bits per heavy atom. The molecule has 30 heavy (non-hydrogen) atoms. The first-order chi connectivity index (χ1) is 14.6. The number of nitrogens with one attached hydrogen (secondary N) is 2. The molecule has 156 valence electrons. The van der Waals surface area contributed by atoms with E-state index < -0.39 is 6.04 Å². The third kappa shape index (κ3) is 5.35. The highest BCUT2D eigenvalue weighted by molar-refractivity contribution is 5.97. The third-order valence-electron chi connectivity index (χ3n) is 5.34. The number of benzene rings is 2. The lowest BCUT2D eigenvalue weighted by atomic mass is 9.88. The van der Waals surface area contributed by atoms with Crippen molar-refractivity contribution in [3.63, 3.8) is 0 Å². The Bertz CT molecular complexity index is 875. The third-order valence-corrected chi connectivity index (χ3v) is 5.34. The van der Waals surface area contributed by atoms with Gasteiger partial charge in [-0.05, 0) is 43.0 Å². The zero-order valence-electron chi connectivity index (χ0n) is 16.9. The van der Waals surface area contributed by atoms with Crippen LogP contribution in [0.1, 0.15) is 33.6 Å². The molecule has 2 aromatic carbocycles. The van der Waals surface area contributed by atoms with Gasteiger partial charge in [0.2, 0.25) is 5.91 Å². The van der Waals surface area contributed by atoms with E-state index in [1.807, 2.05) is 29.2 Å². The Morgan fingerprint density at radius 2 is 1.53 bits per heavy atom. The highest BCUT2D eigenvalue weighted by Crippen LogP contribution is 2.23. The summed E-state index contributed by atoms with van der Waals surface area (Å²) in [6.07, 6.45) is 2.88. The molecule has 0 aromatic heterocycles. The summed E-state index contributed by atoms with van der Waals surface area (Å²) in [5.74, 6) is -0.568. The van der Waals surface area contributed by atoms with E-state index >= 15 is 0 Å². The summed E-state index contributed by atoms with van der Waals surface area (Å²) in [6, 6.07) is 17.4. The van der Waals surface area contributed by atoms with Crippen molar-refractivity contribution in [1.82, 2.24) is 15.5 Å². The molecule has 0 bridgehead atoms. The zero-order chi connectivity index (χ0) is 21.3. The smallest absolute Gasteiger partial charge is 0.253 e. The van der Waals surface area contributed by atoms with Crippen LogP contribution in [0.25, 0.3) is 0 Å². The van der Waals surface area contributed by atoms with Gasteiger partial charge in [0, 0.05) is 30.8 Å². The second kappa shape index (κ2) is 10.4. The molecule has 0 radical (unpaired) electrons. The van der Waals surface area contributed by atoms with Crippen LogP contribution >= 0.6 is 0 Å². The predicted octanol–water partition coefficient (Wildman–Crippen LogP) is 2.64. The fourth-order valence-corrected chi connectivity index (χ4v) is 3.69. The fourth-order valence-electron chi connectivity index (χ4n) is 3.69. The topological polar surface area (TPSA) is 78.5 Å². The molecule has 3 rings (SSSR count). The Kier molecular flexibility index (Phi) is 7.38. The first-order valence-corrected chi connectivity index (χ1v) is 10.2. The summed E-state index contributed by atoms with van der Waals surface area (Å²) >= 11 is 0. The van der Waals surface area contributed by atoms with Gasteiger partial charge in [0.1, 0.15) is 6.04 Å². The van der Waals surface area contributed by atoms with Crippen molar-refractivity contribution in [3.8, 4) is 0 Å². The van der Waals surface area contributed by atoms with Crippen LogP contribution in [0.3, 0.4) is 0 Å². The normalized spacial score (nSPS) is 15.1. The number of rotatable bonds is 7. The van der Waals surface area contributed by atoms with Crippen molar-refractivity contribution in [3.05, 3.63) is 84.4 Å². The summed E-state index contributed by atoms with van der Waals surface area (Å²) in [5, 5.41) is 5.69. The van der Waals surface area contributed by atoms with Crippen LogP contribution in [-0.2, 0) is 4.79 Å². The largest absolute Gasteiger partial charge is 0.351 e. The molecule has 2 aromatic rings. The molecule has 6 nitrogen and oxygen atoms in total. The summed E-state index contributed by atoms with van der Waals surface area (Å²) < 4.78 is 0. The molecule has 6 heteroatoms. The molecule has 1 heterocycles. The van der Waals surface area contributed by atoms with Crippen LogP contribution < -0.4 is 10.6 Å². The molecule has 1 aliphatic rings. The van der Waals surface area contributed by atoms with Gasteiger partial charge in [-0.25, -0.2) is 0 Å². The Morgan fingerprint density at radius 3 is 2.10 bits per heavy atom. The molecule has 3 amide bonds. The molecule has 1 fully saturated rings. The SMILES string of the molecule is C=CCNC(=O)C(NC(=O)c1ccccc1)C1CCN(C(=O)c2ccccc2)CC1. The molecule has 1 aliphatic heterocycles. The lowest BCUT2D eigenvalue weighted by Gasteiger charge is -2.35. The van der Waals surface area contributed by atoms with Crippen LogP contribution in [0.5, 0.6) is 0 Å². The first-order valence-electron chi connectivity index (χ1n) is 10.2. The second-order valence-corrected chi connectivity index (χ2v) is 7.35. The minimum Gasteiger partial charge on any atom is -0.351 e. The monoisotopic (exact) mass is 405 g/mol. The van der Waals surface area contributed by atoms with Crippen molar-refractivity contribution in [2.45, 2.75) is 18.9 Å². The van der Waals surface area contributed by atoms with Crippen molar-refractivity contribution in [1.29, 1.82) is 0 Å². The lowest BCUT2D eigenvalue weighted by Crippen LogP contribution is -2.53. The van der Waals surface area contributed by atoms with Gasteiger partial charge < -0.3 is 15.5 Å². The molecule has 2 N–H and O–H groups in total. The van der Waals surface area contributed by atoms with Crippen LogP contribution in [0, 0.1) is 5.92 Å². The minimum absolute atomic E-state index is 0.00460. The summed E-state index contributed by atoms with van der Waals surface area (Å²) in [5.41, 5.74) is 1.17. The Labute approximate surface area is 177 Å². The molecular weight excluding hydrogens is 378 g/mol. The van der Waals surface area contributed by atoms with E-state index in [2.05, 4.69) is 17.2 Å². The molecule has 0 spiro atoms. The van der Waals surface area contributed by atoms with Crippen LogP contribution in [0.15, 0.2) is 73.3 Å². The van der Waals surface area contributed by atoms with E-state index in [9.17, 15) is 14.4 Å². The number of hydrogen-bond donors (Lipinski definition) is 2. The lowest BCUT2D eigenvalue weighted by molar-refractivity contribution is -0.124. The van der Waals surface area contributed by atoms with Gasteiger partial charge in [-0.2, -0.15) is 0 Å². The van der Waals surface area contributed by atoms with Gasteiger partial charge in [-0.15, -0.1) is 6.58 Å². The van der Waals surface area contributed by atoms with E-state index in [-0.39, 0.29) is 23.6 Å². The van der Waals surface area contributed by atoms with Gasteiger partial charge in [-0.3, -0.25) is 14.4 Å². The Balaban J connectivity index is 1.66. The quantitative estimate of drug-likeness (QED) is 0.695. The van der Waals surface area contributed by atoms with Gasteiger partial charge in [0.05, 0.1) is 0 Å². The highest BCUT2D eigenvalue weighted by Gasteiger charge is 2.34. The van der Waals surface area contributed by atoms with Gasteiger partial charge in [-0.1, -0.05) is 42.5 Å². The van der Waals surface area contributed by atoms with Crippen LogP contribution in [0.2, 0.25) is 0 Å². The van der Waals surface area contributed by atoms with Gasteiger partial charge in [0.25, 0.3) is 11.8 Å². The standard InChI is InChI=1S/C24H27N3O3/c1-2-15-25-23(29)21(26-22(28)19-9-5-3-6-10-19)18-13-16-27(17-14-18)24(30)20-11-7-4-8-12-20/h2-12,18,21H,1,13-17H2,(H,25,29)(H,26,28). The highest BCUT2D eigenvalue weighted by atomic mass is 16.2. The van der Waals surface area contributed by atoms with E-state index in [1.54, 1.807) is 42.5 Å². The first kappa shape index (κ1) is 21.3. The molecule has 1 saturated heterocycles. The van der Waals surface area contributed by atoms with Crippen molar-refractivity contribution in [2.24, 2.45) is 5.92 Å². The van der Waals surface area contributed by atoms with E-state index in [0.29, 0.717) is 43.6 Å². The van der Waals surface area contributed by atoms with Crippen LogP contribution in [0.4, 0.5) is 0 Å². The average molecular weight is 405 g/mol. The number of amides is 3. The van der Waals surface area contributed by atoms with E-state index in [1.165, 1.54) is 0 Å². The maximum Gasteiger partial charge on any atom is 0.253 e. The van der Waals surface area contributed by atoms with Crippen LogP contribution in [-0.4, -0.2) is 48.3 Å². The number of nitrogens with zero attached hydrogens (tertiary/aromatic N) is 1. The van der Waals surface area contributed by atoms with Crippen molar-refractivity contribution in [2.75, 3.05) is 19.6 Å². The molecule has 1 atom stereocenters. The van der Waals surface area contributed by atoms with Gasteiger partial charge >= 0.3 is 0 Å². The minimum atomic E-state index is -0.661. The van der Waals surface area contributed by atoms with E-state index in [4.69, 9.17) is 0 Å². The maximum atomic E-state index is 12.8. The average Bonchev–Trinajstić information content (AvgIpc) is 2.81. The summed E-state index contributed by atoms with van der Waals surface area (Å²) in [6.45, 7) is 5.05. The van der Waals surface area contributed by atoms with Crippen molar-refractivity contribution < 1.29 is 14.4 Å². The summed E-state index contributed by atoms with van der Waals surface area (Å²) in [7, 11) is 0. The summed E-state index contributed by atoms with van der Waals surface area (Å²) in [4.78, 5) is 39.9. The predicted molar refractivity (Wildman–Crippen MR) is 116 cm³/mol. The fraction of sp³-hybridized carbons (Fsp3) is 0.292. The van der Waals surface area contributed by atoms with E-state index in [0.717, 1.165) is 0 Å².